The summed E-state index contributed by atoms with van der Waals surface area (Å²) in [5.41, 5.74) is 1.90. The van der Waals surface area contributed by atoms with Crippen LogP contribution in [0.15, 0.2) is 54.6 Å². The summed E-state index contributed by atoms with van der Waals surface area (Å²) in [6, 6.07) is 17.4. The molecule has 0 spiro atoms. The lowest BCUT2D eigenvalue weighted by Gasteiger charge is -2.02. The van der Waals surface area contributed by atoms with E-state index in [9.17, 15) is 4.79 Å². The summed E-state index contributed by atoms with van der Waals surface area (Å²) in [4.78, 5) is 16.2. The van der Waals surface area contributed by atoms with Crippen LogP contribution in [-0.4, -0.2) is 17.6 Å². The lowest BCUT2D eigenvalue weighted by atomic mass is 10.2. The van der Waals surface area contributed by atoms with Gasteiger partial charge in [-0.3, -0.25) is 0 Å². The number of hydrogen-bond acceptors (Lipinski definition) is 3. The van der Waals surface area contributed by atoms with Crippen molar-refractivity contribution in [3.63, 3.8) is 0 Å². The van der Waals surface area contributed by atoms with Crippen molar-refractivity contribution in [3.8, 4) is 11.8 Å². The van der Waals surface area contributed by atoms with Crippen LogP contribution in [0.2, 0.25) is 0 Å². The summed E-state index contributed by atoms with van der Waals surface area (Å²) in [7, 11) is 0. The number of rotatable bonds is 3. The first-order chi connectivity index (χ1) is 11.3. The molecule has 114 valence electrons. The van der Waals surface area contributed by atoms with E-state index in [0.717, 1.165) is 20.8 Å². The van der Waals surface area contributed by atoms with Crippen molar-refractivity contribution in [2.75, 3.05) is 6.54 Å². The third kappa shape index (κ3) is 4.31. The van der Waals surface area contributed by atoms with E-state index in [-0.39, 0.29) is 6.03 Å². The van der Waals surface area contributed by atoms with E-state index in [1.807, 2.05) is 54.6 Å². The van der Waals surface area contributed by atoms with Crippen LogP contribution in [0.1, 0.15) is 10.6 Å². The molecule has 2 aromatic carbocycles. The third-order valence-corrected chi connectivity index (χ3v) is 4.12. The maximum absolute atomic E-state index is 11.7. The molecular formula is C18H15N3OS. The maximum Gasteiger partial charge on any atom is 0.315 e. The molecule has 3 aromatic rings. The molecule has 2 N–H and O–H groups in total. The molecule has 4 nitrogen and oxygen atoms in total. The van der Waals surface area contributed by atoms with E-state index in [0.29, 0.717) is 13.1 Å². The number of carbonyl (C=O) groups excluding carboxylic acids is 1. The Hall–Kier alpha value is -2.84. The standard InChI is InChI=1S/C18H15N3OS/c22-18(19-12-6-9-14-7-2-1-3-8-14)20-13-17-21-15-10-4-5-11-16(15)23-17/h1-5,7-8,10-11H,12-13H2,(H2,19,20,22). The van der Waals surface area contributed by atoms with Crippen LogP contribution in [-0.2, 0) is 6.54 Å². The molecule has 5 heteroatoms. The van der Waals surface area contributed by atoms with Gasteiger partial charge in [0.05, 0.1) is 23.3 Å². The molecule has 0 aliphatic rings. The highest BCUT2D eigenvalue weighted by atomic mass is 32.1. The highest BCUT2D eigenvalue weighted by Crippen LogP contribution is 2.21. The highest BCUT2D eigenvalue weighted by Gasteiger charge is 2.04. The van der Waals surface area contributed by atoms with Gasteiger partial charge in [-0.25, -0.2) is 9.78 Å². The molecule has 3 rings (SSSR count). The van der Waals surface area contributed by atoms with E-state index in [1.54, 1.807) is 11.3 Å². The van der Waals surface area contributed by atoms with Crippen molar-refractivity contribution < 1.29 is 4.79 Å². The summed E-state index contributed by atoms with van der Waals surface area (Å²) in [6.45, 7) is 0.720. The molecule has 0 saturated heterocycles. The van der Waals surface area contributed by atoms with Crippen molar-refractivity contribution in [2.45, 2.75) is 6.54 Å². The van der Waals surface area contributed by atoms with Crippen molar-refractivity contribution in [1.29, 1.82) is 0 Å². The van der Waals surface area contributed by atoms with Gasteiger partial charge in [-0.2, -0.15) is 0 Å². The first-order valence-electron chi connectivity index (χ1n) is 7.21. The highest BCUT2D eigenvalue weighted by molar-refractivity contribution is 7.18. The molecule has 0 unspecified atom stereocenters. The second kappa shape index (κ2) is 7.43. The lowest BCUT2D eigenvalue weighted by Crippen LogP contribution is -2.35. The number of nitrogens with zero attached hydrogens (tertiary/aromatic N) is 1. The number of fused-ring (bicyclic) bond motifs is 1. The SMILES string of the molecule is O=C(NCC#Cc1ccccc1)NCc1nc2ccccc2s1. The normalized spacial score (nSPS) is 9.91. The molecule has 2 amide bonds. The van der Waals surface area contributed by atoms with Crippen LogP contribution in [0.5, 0.6) is 0 Å². The fraction of sp³-hybridized carbons (Fsp3) is 0.111. The quantitative estimate of drug-likeness (QED) is 0.728. The smallest absolute Gasteiger partial charge is 0.315 e. The minimum absolute atomic E-state index is 0.244. The fourth-order valence-corrected chi connectivity index (χ4v) is 2.91. The van der Waals surface area contributed by atoms with E-state index >= 15 is 0 Å². The molecule has 23 heavy (non-hydrogen) atoms. The van der Waals surface area contributed by atoms with Crippen molar-refractivity contribution >= 4 is 27.6 Å². The lowest BCUT2D eigenvalue weighted by molar-refractivity contribution is 0.241. The summed E-state index contributed by atoms with van der Waals surface area (Å²) < 4.78 is 1.12. The van der Waals surface area contributed by atoms with Crippen LogP contribution in [0.3, 0.4) is 0 Å². The Morgan fingerprint density at radius 2 is 1.83 bits per heavy atom. The van der Waals surface area contributed by atoms with Crippen molar-refractivity contribution in [2.24, 2.45) is 0 Å². The van der Waals surface area contributed by atoms with Crippen LogP contribution < -0.4 is 10.6 Å². The van der Waals surface area contributed by atoms with E-state index < -0.39 is 0 Å². The number of hydrogen-bond donors (Lipinski definition) is 2. The molecule has 0 fully saturated rings. The molecule has 0 aliphatic carbocycles. The van der Waals surface area contributed by atoms with E-state index in [4.69, 9.17) is 0 Å². The fourth-order valence-electron chi connectivity index (χ4n) is 2.01. The molecule has 0 saturated carbocycles. The number of thiazole rings is 1. The zero-order chi connectivity index (χ0) is 15.9. The molecular weight excluding hydrogens is 306 g/mol. The summed E-state index contributed by atoms with van der Waals surface area (Å²) >= 11 is 1.58. The van der Waals surface area contributed by atoms with Crippen LogP contribution in [0, 0.1) is 11.8 Å². The summed E-state index contributed by atoms with van der Waals surface area (Å²) in [6.07, 6.45) is 0. The van der Waals surface area contributed by atoms with Crippen molar-refractivity contribution in [1.82, 2.24) is 15.6 Å². The number of amides is 2. The first-order valence-corrected chi connectivity index (χ1v) is 8.03. The molecule has 1 heterocycles. The van der Waals surface area contributed by atoms with Gasteiger partial charge in [0.15, 0.2) is 0 Å². The predicted octanol–water partition coefficient (Wildman–Crippen LogP) is 3.15. The molecule has 0 aliphatic heterocycles. The van der Waals surface area contributed by atoms with Gasteiger partial charge in [0.1, 0.15) is 5.01 Å². The number of carbonyl (C=O) groups is 1. The Labute approximate surface area is 138 Å². The van der Waals surface area contributed by atoms with Gasteiger partial charge in [-0.1, -0.05) is 42.2 Å². The number of aromatic nitrogens is 1. The van der Waals surface area contributed by atoms with Crippen molar-refractivity contribution in [3.05, 3.63) is 65.2 Å². The van der Waals surface area contributed by atoms with Crippen LogP contribution >= 0.6 is 11.3 Å². The van der Waals surface area contributed by atoms with Gasteiger partial charge in [-0.15, -0.1) is 11.3 Å². The minimum atomic E-state index is -0.244. The predicted molar refractivity (Wildman–Crippen MR) is 93.2 cm³/mol. The third-order valence-electron chi connectivity index (χ3n) is 3.08. The Morgan fingerprint density at radius 1 is 1.04 bits per heavy atom. The zero-order valence-corrected chi connectivity index (χ0v) is 13.2. The topological polar surface area (TPSA) is 54.0 Å². The van der Waals surface area contributed by atoms with Gasteiger partial charge in [-0.05, 0) is 24.3 Å². The van der Waals surface area contributed by atoms with Gasteiger partial charge in [0.2, 0.25) is 0 Å². The number of urea groups is 1. The first kappa shape index (κ1) is 15.1. The van der Waals surface area contributed by atoms with Gasteiger partial charge in [0, 0.05) is 5.56 Å². The molecule has 1 aromatic heterocycles. The van der Waals surface area contributed by atoms with E-state index in [1.165, 1.54) is 0 Å². The van der Waals surface area contributed by atoms with Gasteiger partial charge >= 0.3 is 6.03 Å². The Balaban J connectivity index is 1.45. The van der Waals surface area contributed by atoms with E-state index in [2.05, 4.69) is 27.5 Å². The number of para-hydroxylation sites is 1. The molecule has 0 atom stereocenters. The second-order valence-electron chi connectivity index (χ2n) is 4.78. The maximum atomic E-state index is 11.7. The molecule has 0 radical (unpaired) electrons. The zero-order valence-electron chi connectivity index (χ0n) is 12.4. The number of nitrogens with one attached hydrogen (secondary N) is 2. The Kier molecular flexibility index (Phi) is 4.87. The van der Waals surface area contributed by atoms with Gasteiger partial charge in [0.25, 0.3) is 0 Å². The second-order valence-corrected chi connectivity index (χ2v) is 5.89. The Morgan fingerprint density at radius 3 is 2.65 bits per heavy atom. The number of benzene rings is 2. The Bertz CT molecular complexity index is 829. The summed E-state index contributed by atoms with van der Waals surface area (Å²) in [5, 5.41) is 6.38. The monoisotopic (exact) mass is 321 g/mol. The minimum Gasteiger partial charge on any atom is -0.332 e. The molecule has 0 bridgehead atoms. The average Bonchev–Trinajstić information content (AvgIpc) is 3.01. The van der Waals surface area contributed by atoms with Gasteiger partial charge < -0.3 is 10.6 Å². The average molecular weight is 321 g/mol. The van der Waals surface area contributed by atoms with Crippen LogP contribution in [0.4, 0.5) is 4.79 Å². The largest absolute Gasteiger partial charge is 0.332 e. The van der Waals surface area contributed by atoms with Crippen LogP contribution in [0.25, 0.3) is 10.2 Å². The summed E-state index contributed by atoms with van der Waals surface area (Å²) in [5.74, 6) is 5.91.